The van der Waals surface area contributed by atoms with E-state index in [1.165, 1.54) is 5.69 Å². The third kappa shape index (κ3) is 3.31. The molecule has 1 heterocycles. The lowest BCUT2D eigenvalue weighted by Gasteiger charge is -2.36. The lowest BCUT2D eigenvalue weighted by Crippen LogP contribution is -2.48. The number of methoxy groups -OCH3 is 1. The zero-order chi connectivity index (χ0) is 16.2. The van der Waals surface area contributed by atoms with Gasteiger partial charge in [0.15, 0.2) is 0 Å². The first-order valence-electron chi connectivity index (χ1n) is 7.93. The van der Waals surface area contributed by atoms with Gasteiger partial charge in [-0.3, -0.25) is 4.79 Å². The standard InChI is InChI=1S/C19H22N2O2/c1-15-8-9-16(14-18(15)23-2)19(22)21-12-10-20(11-13-21)17-6-4-3-5-7-17/h3-9,14H,10-13H2,1-2H3. The molecule has 0 atom stereocenters. The van der Waals surface area contributed by atoms with Gasteiger partial charge in [0.05, 0.1) is 7.11 Å². The predicted octanol–water partition coefficient (Wildman–Crippen LogP) is 2.97. The van der Waals surface area contributed by atoms with Gasteiger partial charge in [-0.05, 0) is 36.8 Å². The minimum Gasteiger partial charge on any atom is -0.496 e. The molecule has 1 aliphatic heterocycles. The van der Waals surface area contributed by atoms with Crippen LogP contribution < -0.4 is 9.64 Å². The van der Waals surface area contributed by atoms with Crippen molar-refractivity contribution >= 4 is 11.6 Å². The molecule has 0 N–H and O–H groups in total. The lowest BCUT2D eigenvalue weighted by molar-refractivity contribution is 0.0746. The first-order chi connectivity index (χ1) is 11.2. The molecule has 1 amide bonds. The Morgan fingerprint density at radius 2 is 1.70 bits per heavy atom. The number of piperazine rings is 1. The Balaban J connectivity index is 1.66. The van der Waals surface area contributed by atoms with Crippen molar-refractivity contribution in [2.45, 2.75) is 6.92 Å². The van der Waals surface area contributed by atoms with Crippen molar-refractivity contribution in [3.05, 3.63) is 59.7 Å². The van der Waals surface area contributed by atoms with Crippen LogP contribution in [-0.4, -0.2) is 44.1 Å². The second kappa shape index (κ2) is 6.73. The molecular weight excluding hydrogens is 288 g/mol. The number of nitrogens with zero attached hydrogens (tertiary/aromatic N) is 2. The van der Waals surface area contributed by atoms with E-state index < -0.39 is 0 Å². The van der Waals surface area contributed by atoms with Crippen LogP contribution in [0, 0.1) is 6.92 Å². The summed E-state index contributed by atoms with van der Waals surface area (Å²) in [7, 11) is 1.63. The first-order valence-corrected chi connectivity index (χ1v) is 7.93. The van der Waals surface area contributed by atoms with Crippen molar-refractivity contribution < 1.29 is 9.53 Å². The van der Waals surface area contributed by atoms with Crippen LogP contribution in [0.15, 0.2) is 48.5 Å². The van der Waals surface area contributed by atoms with E-state index in [0.717, 1.165) is 37.5 Å². The molecule has 120 valence electrons. The van der Waals surface area contributed by atoms with Gasteiger partial charge in [-0.25, -0.2) is 0 Å². The Morgan fingerprint density at radius 3 is 2.35 bits per heavy atom. The van der Waals surface area contributed by atoms with Crippen LogP contribution in [0.5, 0.6) is 5.75 Å². The Hall–Kier alpha value is -2.49. The quantitative estimate of drug-likeness (QED) is 0.874. The summed E-state index contributed by atoms with van der Waals surface area (Å²) < 4.78 is 5.32. The summed E-state index contributed by atoms with van der Waals surface area (Å²) in [6, 6.07) is 16.0. The molecule has 4 heteroatoms. The summed E-state index contributed by atoms with van der Waals surface area (Å²) in [5, 5.41) is 0. The van der Waals surface area contributed by atoms with Crippen LogP contribution in [-0.2, 0) is 0 Å². The molecule has 0 saturated carbocycles. The highest BCUT2D eigenvalue weighted by molar-refractivity contribution is 5.95. The van der Waals surface area contributed by atoms with Crippen molar-refractivity contribution in [2.75, 3.05) is 38.2 Å². The Kier molecular flexibility index (Phi) is 4.51. The van der Waals surface area contributed by atoms with E-state index in [9.17, 15) is 4.79 Å². The highest BCUT2D eigenvalue weighted by atomic mass is 16.5. The van der Waals surface area contributed by atoms with Gasteiger partial charge < -0.3 is 14.5 Å². The van der Waals surface area contributed by atoms with E-state index in [0.29, 0.717) is 5.56 Å². The molecule has 0 aromatic heterocycles. The van der Waals surface area contributed by atoms with Crippen molar-refractivity contribution in [3.8, 4) is 5.75 Å². The summed E-state index contributed by atoms with van der Waals surface area (Å²) in [5.41, 5.74) is 2.95. The maximum Gasteiger partial charge on any atom is 0.254 e. The van der Waals surface area contributed by atoms with Gasteiger partial charge in [0, 0.05) is 37.4 Å². The van der Waals surface area contributed by atoms with Crippen molar-refractivity contribution in [1.82, 2.24) is 4.90 Å². The number of carbonyl (C=O) groups excluding carboxylic acids is 1. The van der Waals surface area contributed by atoms with Gasteiger partial charge in [0.2, 0.25) is 0 Å². The largest absolute Gasteiger partial charge is 0.496 e. The zero-order valence-electron chi connectivity index (χ0n) is 13.7. The van der Waals surface area contributed by atoms with Gasteiger partial charge in [0.1, 0.15) is 5.75 Å². The Morgan fingerprint density at radius 1 is 1.00 bits per heavy atom. The highest BCUT2D eigenvalue weighted by Crippen LogP contribution is 2.21. The fourth-order valence-corrected chi connectivity index (χ4v) is 2.94. The summed E-state index contributed by atoms with van der Waals surface area (Å²) in [4.78, 5) is 16.9. The molecule has 0 aliphatic carbocycles. The number of hydrogen-bond acceptors (Lipinski definition) is 3. The van der Waals surface area contributed by atoms with E-state index in [1.54, 1.807) is 7.11 Å². The predicted molar refractivity (Wildman–Crippen MR) is 92.3 cm³/mol. The number of aryl methyl sites for hydroxylation is 1. The molecule has 0 radical (unpaired) electrons. The number of anilines is 1. The van der Waals surface area contributed by atoms with Gasteiger partial charge in [-0.15, -0.1) is 0 Å². The monoisotopic (exact) mass is 310 g/mol. The highest BCUT2D eigenvalue weighted by Gasteiger charge is 2.22. The maximum absolute atomic E-state index is 12.7. The Bertz CT molecular complexity index is 677. The number of amides is 1. The zero-order valence-corrected chi connectivity index (χ0v) is 13.7. The molecule has 0 spiro atoms. The fraction of sp³-hybridized carbons (Fsp3) is 0.316. The molecule has 0 unspecified atom stereocenters. The summed E-state index contributed by atoms with van der Waals surface area (Å²) in [5.74, 6) is 0.842. The maximum atomic E-state index is 12.7. The average Bonchev–Trinajstić information content (AvgIpc) is 2.62. The summed E-state index contributed by atoms with van der Waals surface area (Å²) in [6.07, 6.45) is 0. The molecule has 1 aliphatic rings. The fourth-order valence-electron chi connectivity index (χ4n) is 2.94. The lowest BCUT2D eigenvalue weighted by atomic mass is 10.1. The van der Waals surface area contributed by atoms with E-state index in [2.05, 4.69) is 17.0 Å². The van der Waals surface area contributed by atoms with E-state index >= 15 is 0 Å². The minimum absolute atomic E-state index is 0.0796. The molecular formula is C19H22N2O2. The van der Waals surface area contributed by atoms with Crippen molar-refractivity contribution in [1.29, 1.82) is 0 Å². The third-order valence-electron chi connectivity index (χ3n) is 4.34. The molecule has 4 nitrogen and oxygen atoms in total. The average molecular weight is 310 g/mol. The molecule has 23 heavy (non-hydrogen) atoms. The molecule has 1 saturated heterocycles. The topological polar surface area (TPSA) is 32.8 Å². The number of para-hydroxylation sites is 1. The molecule has 2 aromatic carbocycles. The summed E-state index contributed by atoms with van der Waals surface area (Å²) in [6.45, 7) is 5.18. The first kappa shape index (κ1) is 15.4. The van der Waals surface area contributed by atoms with Crippen LogP contribution in [0.2, 0.25) is 0 Å². The second-order valence-corrected chi connectivity index (χ2v) is 5.80. The number of hydrogen-bond donors (Lipinski definition) is 0. The van der Waals surface area contributed by atoms with Crippen molar-refractivity contribution in [3.63, 3.8) is 0 Å². The molecule has 3 rings (SSSR count). The van der Waals surface area contributed by atoms with Crippen LogP contribution >= 0.6 is 0 Å². The SMILES string of the molecule is COc1cc(C(=O)N2CCN(c3ccccc3)CC2)ccc1C. The van der Waals surface area contributed by atoms with Gasteiger partial charge >= 0.3 is 0 Å². The van der Waals surface area contributed by atoms with E-state index in [-0.39, 0.29) is 5.91 Å². The number of carbonyl (C=O) groups is 1. The van der Waals surface area contributed by atoms with Crippen LogP contribution in [0.3, 0.4) is 0 Å². The number of rotatable bonds is 3. The van der Waals surface area contributed by atoms with Gasteiger partial charge in [-0.1, -0.05) is 24.3 Å². The smallest absolute Gasteiger partial charge is 0.254 e. The third-order valence-corrected chi connectivity index (χ3v) is 4.34. The van der Waals surface area contributed by atoms with Gasteiger partial charge in [0.25, 0.3) is 5.91 Å². The van der Waals surface area contributed by atoms with Crippen LogP contribution in [0.4, 0.5) is 5.69 Å². The number of ether oxygens (including phenoxy) is 1. The minimum atomic E-state index is 0.0796. The second-order valence-electron chi connectivity index (χ2n) is 5.80. The van der Waals surface area contributed by atoms with E-state index in [1.807, 2.05) is 48.2 Å². The molecule has 2 aromatic rings. The number of benzene rings is 2. The Labute approximate surface area is 137 Å². The molecule has 1 fully saturated rings. The van der Waals surface area contributed by atoms with E-state index in [4.69, 9.17) is 4.74 Å². The normalized spacial score (nSPS) is 14.7. The molecule has 0 bridgehead atoms. The van der Waals surface area contributed by atoms with Crippen molar-refractivity contribution in [2.24, 2.45) is 0 Å². The van der Waals surface area contributed by atoms with Crippen LogP contribution in [0.1, 0.15) is 15.9 Å². The van der Waals surface area contributed by atoms with Crippen LogP contribution in [0.25, 0.3) is 0 Å². The summed E-state index contributed by atoms with van der Waals surface area (Å²) >= 11 is 0. The van der Waals surface area contributed by atoms with Gasteiger partial charge in [-0.2, -0.15) is 0 Å².